The summed E-state index contributed by atoms with van der Waals surface area (Å²) >= 11 is 12.0. The number of aromatic nitrogens is 2. The second-order valence-electron chi connectivity index (χ2n) is 3.72. The van der Waals surface area contributed by atoms with Gasteiger partial charge in [-0.15, -0.1) is 0 Å². The summed E-state index contributed by atoms with van der Waals surface area (Å²) in [6, 6.07) is 5.21. The molecule has 0 spiro atoms. The Morgan fingerprint density at radius 1 is 1.35 bits per heavy atom. The van der Waals surface area contributed by atoms with E-state index in [9.17, 15) is 4.79 Å². The number of carbonyl (C=O) groups excluding carboxylic acids is 1. The van der Waals surface area contributed by atoms with Gasteiger partial charge in [-0.1, -0.05) is 23.2 Å². The first-order valence-electron chi connectivity index (χ1n) is 4.98. The Labute approximate surface area is 109 Å². The number of hydrogen-bond donors (Lipinski definition) is 0. The lowest BCUT2D eigenvalue weighted by Gasteiger charge is -2.02. The van der Waals surface area contributed by atoms with Crippen LogP contribution in [0.25, 0.3) is 11.3 Å². The minimum Gasteiger partial charge on any atom is -0.296 e. The molecular weight excluding hydrogens is 259 g/mol. The average Bonchev–Trinajstić information content (AvgIpc) is 2.54. The number of rotatable bonds is 2. The van der Waals surface area contributed by atoms with Gasteiger partial charge in [0.1, 0.15) is 5.69 Å². The molecule has 88 valence electrons. The molecule has 0 aliphatic carbocycles. The maximum Gasteiger partial charge on any atom is 0.168 e. The van der Waals surface area contributed by atoms with Gasteiger partial charge in [-0.25, -0.2) is 0 Å². The highest BCUT2D eigenvalue weighted by molar-refractivity contribution is 6.36. The molecule has 0 radical (unpaired) electrons. The lowest BCUT2D eigenvalue weighted by atomic mass is 10.1. The quantitative estimate of drug-likeness (QED) is 0.782. The van der Waals surface area contributed by atoms with Gasteiger partial charge in [0.2, 0.25) is 0 Å². The van der Waals surface area contributed by atoms with Crippen LogP contribution < -0.4 is 0 Å². The van der Waals surface area contributed by atoms with Gasteiger partial charge in [0.05, 0.1) is 10.7 Å². The maximum absolute atomic E-state index is 10.9. The molecule has 0 aliphatic rings. The van der Waals surface area contributed by atoms with E-state index in [0.717, 1.165) is 17.4 Å². The minimum absolute atomic E-state index is 0.524. The predicted octanol–water partition coefficient (Wildman–Crippen LogP) is 3.51. The summed E-state index contributed by atoms with van der Waals surface area (Å²) in [5.41, 5.74) is 2.84. The third-order valence-corrected chi connectivity index (χ3v) is 3.18. The number of aryl methyl sites for hydroxylation is 1. The topological polar surface area (TPSA) is 34.9 Å². The fourth-order valence-corrected chi connectivity index (χ4v) is 2.24. The molecule has 0 bridgehead atoms. The highest BCUT2D eigenvalue weighted by Gasteiger charge is 2.15. The summed E-state index contributed by atoms with van der Waals surface area (Å²) in [5.74, 6) is 0. The summed E-state index contributed by atoms with van der Waals surface area (Å²) in [6.07, 6.45) is 0.787. The van der Waals surface area contributed by atoms with Crippen LogP contribution in [0.3, 0.4) is 0 Å². The van der Waals surface area contributed by atoms with Crippen molar-refractivity contribution in [3.05, 3.63) is 39.5 Å². The predicted molar refractivity (Wildman–Crippen MR) is 68.8 cm³/mol. The summed E-state index contributed by atoms with van der Waals surface area (Å²) in [4.78, 5) is 10.9. The van der Waals surface area contributed by atoms with E-state index in [2.05, 4.69) is 5.10 Å². The summed E-state index contributed by atoms with van der Waals surface area (Å²) in [7, 11) is 1.73. The number of nitrogens with zero attached hydrogens (tertiary/aromatic N) is 2. The van der Waals surface area contributed by atoms with Crippen molar-refractivity contribution in [1.29, 1.82) is 0 Å². The molecular formula is C12H10Cl2N2O. The normalized spacial score (nSPS) is 10.6. The fourth-order valence-electron chi connectivity index (χ4n) is 1.74. The van der Waals surface area contributed by atoms with Crippen molar-refractivity contribution in [2.75, 3.05) is 0 Å². The van der Waals surface area contributed by atoms with E-state index < -0.39 is 0 Å². The maximum atomic E-state index is 10.9. The zero-order valence-electron chi connectivity index (χ0n) is 9.37. The van der Waals surface area contributed by atoms with Gasteiger partial charge in [0, 0.05) is 23.2 Å². The molecule has 1 aromatic carbocycles. The lowest BCUT2D eigenvalue weighted by Crippen LogP contribution is -1.96. The minimum atomic E-state index is 0.524. The Balaban J connectivity index is 2.65. The highest BCUT2D eigenvalue weighted by atomic mass is 35.5. The van der Waals surface area contributed by atoms with Crippen LogP contribution in [0.2, 0.25) is 10.0 Å². The van der Waals surface area contributed by atoms with Crippen LogP contribution in [0.1, 0.15) is 16.1 Å². The van der Waals surface area contributed by atoms with Crippen molar-refractivity contribution in [2.45, 2.75) is 6.92 Å². The van der Waals surface area contributed by atoms with Crippen molar-refractivity contribution in [1.82, 2.24) is 9.78 Å². The Hall–Kier alpha value is -1.32. The van der Waals surface area contributed by atoms with Gasteiger partial charge in [-0.05, 0) is 25.1 Å². The van der Waals surface area contributed by atoms with Crippen LogP contribution in [-0.4, -0.2) is 16.1 Å². The first-order chi connectivity index (χ1) is 8.04. The van der Waals surface area contributed by atoms with Crippen molar-refractivity contribution in [2.24, 2.45) is 7.05 Å². The highest BCUT2D eigenvalue weighted by Crippen LogP contribution is 2.32. The zero-order valence-corrected chi connectivity index (χ0v) is 10.9. The summed E-state index contributed by atoms with van der Waals surface area (Å²) in [5, 5.41) is 5.40. The molecule has 0 unspecified atom stereocenters. The van der Waals surface area contributed by atoms with Crippen LogP contribution in [0.4, 0.5) is 0 Å². The molecule has 0 saturated carbocycles. The van der Waals surface area contributed by atoms with Crippen molar-refractivity contribution >= 4 is 29.5 Å². The van der Waals surface area contributed by atoms with E-state index in [-0.39, 0.29) is 0 Å². The number of carbonyl (C=O) groups is 1. The first kappa shape index (κ1) is 12.1. The summed E-state index contributed by atoms with van der Waals surface area (Å²) in [6.45, 7) is 1.84. The van der Waals surface area contributed by atoms with Crippen LogP contribution in [-0.2, 0) is 7.05 Å². The number of benzene rings is 1. The second kappa shape index (κ2) is 4.51. The van der Waals surface area contributed by atoms with E-state index in [1.165, 1.54) is 0 Å². The van der Waals surface area contributed by atoms with E-state index in [4.69, 9.17) is 23.2 Å². The zero-order chi connectivity index (χ0) is 12.6. The monoisotopic (exact) mass is 268 g/mol. The van der Waals surface area contributed by atoms with Crippen LogP contribution in [0.5, 0.6) is 0 Å². The van der Waals surface area contributed by atoms with Gasteiger partial charge < -0.3 is 0 Å². The Bertz CT molecular complexity index is 590. The van der Waals surface area contributed by atoms with E-state index in [1.54, 1.807) is 29.9 Å². The Kier molecular flexibility index (Phi) is 3.22. The van der Waals surface area contributed by atoms with Crippen LogP contribution in [0, 0.1) is 6.92 Å². The Morgan fingerprint density at radius 2 is 2.06 bits per heavy atom. The molecule has 0 aliphatic heterocycles. The molecule has 2 aromatic rings. The van der Waals surface area contributed by atoms with Crippen molar-refractivity contribution < 1.29 is 4.79 Å². The van der Waals surface area contributed by atoms with Crippen LogP contribution in [0.15, 0.2) is 18.2 Å². The molecule has 0 N–H and O–H groups in total. The van der Waals surface area contributed by atoms with Crippen molar-refractivity contribution in [3.8, 4) is 11.3 Å². The molecule has 0 atom stereocenters. The fraction of sp³-hybridized carbons (Fsp3) is 0.167. The lowest BCUT2D eigenvalue weighted by molar-refractivity contribution is 0.111. The smallest absolute Gasteiger partial charge is 0.168 e. The summed E-state index contributed by atoms with van der Waals surface area (Å²) < 4.78 is 1.54. The standard InChI is InChI=1S/C12H10Cl2N2O/c1-7-11(6-17)16(2)15-12(7)9-4-3-8(13)5-10(9)14/h3-6H,1-2H3. The molecule has 2 rings (SSSR count). The van der Waals surface area contributed by atoms with Gasteiger partial charge in [-0.2, -0.15) is 5.10 Å². The number of hydrogen-bond acceptors (Lipinski definition) is 2. The molecule has 3 nitrogen and oxygen atoms in total. The molecule has 17 heavy (non-hydrogen) atoms. The first-order valence-corrected chi connectivity index (χ1v) is 5.74. The molecule has 1 aromatic heterocycles. The van der Waals surface area contributed by atoms with Gasteiger partial charge in [0.15, 0.2) is 6.29 Å². The van der Waals surface area contributed by atoms with E-state index in [0.29, 0.717) is 21.4 Å². The van der Waals surface area contributed by atoms with Gasteiger partial charge in [0.25, 0.3) is 0 Å². The second-order valence-corrected chi connectivity index (χ2v) is 4.57. The number of halogens is 2. The Morgan fingerprint density at radius 3 is 2.59 bits per heavy atom. The van der Waals surface area contributed by atoms with Crippen LogP contribution >= 0.6 is 23.2 Å². The third kappa shape index (κ3) is 2.08. The van der Waals surface area contributed by atoms with Gasteiger partial charge >= 0.3 is 0 Å². The molecule has 5 heteroatoms. The molecule has 0 amide bonds. The van der Waals surface area contributed by atoms with Gasteiger partial charge in [-0.3, -0.25) is 9.48 Å². The third-order valence-electron chi connectivity index (χ3n) is 2.64. The van der Waals surface area contributed by atoms with Crippen molar-refractivity contribution in [3.63, 3.8) is 0 Å². The molecule has 0 saturated heterocycles. The van der Waals surface area contributed by atoms with E-state index in [1.807, 2.05) is 6.92 Å². The average molecular weight is 269 g/mol. The van der Waals surface area contributed by atoms with E-state index >= 15 is 0 Å². The number of aldehydes is 1. The molecule has 1 heterocycles. The molecule has 0 fully saturated rings. The SMILES string of the molecule is Cc1c(-c2ccc(Cl)cc2Cl)nn(C)c1C=O. The largest absolute Gasteiger partial charge is 0.296 e.